The molecule has 1 saturated heterocycles. The van der Waals surface area contributed by atoms with Gasteiger partial charge in [0.15, 0.2) is 0 Å². The molecule has 2 heterocycles. The molecule has 3 nitrogen and oxygen atoms in total. The summed E-state index contributed by atoms with van der Waals surface area (Å²) in [5, 5.41) is 2.09. The van der Waals surface area contributed by atoms with Gasteiger partial charge in [-0.2, -0.15) is 0 Å². The van der Waals surface area contributed by atoms with Gasteiger partial charge in [-0.1, -0.05) is 12.2 Å². The number of nitrogens with zero attached hydrogens (tertiary/aromatic N) is 1. The summed E-state index contributed by atoms with van der Waals surface area (Å²) < 4.78 is 6.68. The number of thiocarbonyl (C=S) groups is 1. The van der Waals surface area contributed by atoms with Crippen LogP contribution in [0.25, 0.3) is 0 Å². The van der Waals surface area contributed by atoms with E-state index in [1.807, 2.05) is 0 Å². The molecule has 1 atom stereocenters. The Morgan fingerprint density at radius 1 is 1.75 bits per heavy atom. The maximum atomic E-state index is 5.61. The molecule has 0 saturated carbocycles. The monoisotopic (exact) mass is 320 g/mol. The summed E-state index contributed by atoms with van der Waals surface area (Å²) in [5.74, 6) is 0. The van der Waals surface area contributed by atoms with Crippen LogP contribution in [0.15, 0.2) is 15.9 Å². The van der Waals surface area contributed by atoms with Crippen molar-refractivity contribution in [2.24, 2.45) is 5.73 Å². The maximum Gasteiger partial charge on any atom is 0.120 e. The molecule has 1 aliphatic rings. The second-order valence-corrected chi connectivity index (χ2v) is 6.02. The highest BCUT2D eigenvalue weighted by Crippen LogP contribution is 2.24. The fourth-order valence-corrected chi connectivity index (χ4v) is 3.32. The van der Waals surface area contributed by atoms with Crippen LogP contribution >= 0.6 is 39.5 Å². The van der Waals surface area contributed by atoms with Crippen molar-refractivity contribution in [1.29, 1.82) is 0 Å². The first-order chi connectivity index (χ1) is 7.66. The third-order valence-electron chi connectivity index (χ3n) is 2.53. The van der Waals surface area contributed by atoms with Crippen molar-refractivity contribution in [3.05, 3.63) is 20.8 Å². The first-order valence-corrected chi connectivity index (χ1v) is 7.10. The molecule has 1 unspecified atom stereocenters. The van der Waals surface area contributed by atoms with Gasteiger partial charge in [0, 0.05) is 29.0 Å². The van der Waals surface area contributed by atoms with Crippen LogP contribution in [0.3, 0.4) is 0 Å². The molecule has 88 valence electrons. The molecule has 6 heteroatoms. The molecule has 1 aliphatic heterocycles. The Hall–Kier alpha value is -0.0100. The fraction of sp³-hybridized carbons (Fsp3) is 0.500. The zero-order valence-corrected chi connectivity index (χ0v) is 11.9. The van der Waals surface area contributed by atoms with Gasteiger partial charge in [-0.05, 0) is 27.4 Å². The lowest BCUT2D eigenvalue weighted by Gasteiger charge is -2.32. The summed E-state index contributed by atoms with van der Waals surface area (Å²) in [6, 6.07) is 2.07. The minimum absolute atomic E-state index is 0.0949. The highest BCUT2D eigenvalue weighted by molar-refractivity contribution is 9.10. The minimum atomic E-state index is -0.0949. The molecule has 0 aromatic carbocycles. The Balaban J connectivity index is 1.95. The number of hydrogen-bond acceptors (Lipinski definition) is 4. The van der Waals surface area contributed by atoms with Gasteiger partial charge in [-0.3, -0.25) is 4.90 Å². The number of morpholine rings is 1. The fourth-order valence-electron chi connectivity index (χ4n) is 1.66. The molecule has 2 rings (SSSR count). The SMILES string of the molecule is NC(=S)C1CN(Cc2sccc2Br)CCO1. The standard InChI is InChI=1S/C10H13BrN2OS2/c11-7-1-4-16-9(7)6-13-2-3-14-8(5-13)10(12)15/h1,4,8H,2-3,5-6H2,(H2,12,15). The quantitative estimate of drug-likeness (QED) is 0.864. The van der Waals surface area contributed by atoms with Crippen LogP contribution < -0.4 is 5.73 Å². The Labute approximate surface area is 113 Å². The van der Waals surface area contributed by atoms with Crippen LogP contribution in [0.1, 0.15) is 4.88 Å². The second kappa shape index (κ2) is 5.55. The molecule has 0 aliphatic carbocycles. The molecule has 0 spiro atoms. The van der Waals surface area contributed by atoms with Crippen molar-refractivity contribution in [2.75, 3.05) is 19.7 Å². The van der Waals surface area contributed by atoms with E-state index in [-0.39, 0.29) is 6.10 Å². The number of halogens is 1. The largest absolute Gasteiger partial charge is 0.391 e. The normalized spacial score (nSPS) is 22.2. The van der Waals surface area contributed by atoms with E-state index in [2.05, 4.69) is 32.3 Å². The van der Waals surface area contributed by atoms with Gasteiger partial charge in [0.1, 0.15) is 11.1 Å². The van der Waals surface area contributed by atoms with Gasteiger partial charge in [-0.15, -0.1) is 11.3 Å². The van der Waals surface area contributed by atoms with E-state index >= 15 is 0 Å². The molecule has 0 bridgehead atoms. The number of hydrogen-bond donors (Lipinski definition) is 1. The number of rotatable bonds is 3. The van der Waals surface area contributed by atoms with E-state index in [1.165, 1.54) is 9.35 Å². The van der Waals surface area contributed by atoms with Gasteiger partial charge in [0.25, 0.3) is 0 Å². The van der Waals surface area contributed by atoms with Gasteiger partial charge in [-0.25, -0.2) is 0 Å². The van der Waals surface area contributed by atoms with Crippen molar-refractivity contribution in [3.63, 3.8) is 0 Å². The third-order valence-corrected chi connectivity index (χ3v) is 4.70. The van der Waals surface area contributed by atoms with Gasteiger partial charge >= 0.3 is 0 Å². The molecule has 16 heavy (non-hydrogen) atoms. The molecular weight excluding hydrogens is 308 g/mol. The topological polar surface area (TPSA) is 38.5 Å². The summed E-state index contributed by atoms with van der Waals surface area (Å²) in [6.45, 7) is 3.36. The van der Waals surface area contributed by atoms with E-state index in [0.717, 1.165) is 19.6 Å². The first-order valence-electron chi connectivity index (χ1n) is 5.02. The second-order valence-electron chi connectivity index (χ2n) is 3.69. The van der Waals surface area contributed by atoms with Crippen LogP contribution in [0.5, 0.6) is 0 Å². The van der Waals surface area contributed by atoms with Crippen LogP contribution in [0, 0.1) is 0 Å². The number of ether oxygens (including phenoxy) is 1. The Morgan fingerprint density at radius 3 is 3.19 bits per heavy atom. The average molecular weight is 321 g/mol. The summed E-state index contributed by atoms with van der Waals surface area (Å²) in [5.41, 5.74) is 5.61. The number of thiophene rings is 1. The van der Waals surface area contributed by atoms with Crippen molar-refractivity contribution >= 4 is 44.5 Å². The average Bonchev–Trinajstić information content (AvgIpc) is 2.65. The lowest BCUT2D eigenvalue weighted by Crippen LogP contribution is -2.47. The van der Waals surface area contributed by atoms with E-state index in [9.17, 15) is 0 Å². The molecule has 1 aromatic heterocycles. The lowest BCUT2D eigenvalue weighted by molar-refractivity contribution is 0.00422. The Kier molecular flexibility index (Phi) is 4.32. The zero-order chi connectivity index (χ0) is 11.5. The van der Waals surface area contributed by atoms with Crippen molar-refractivity contribution in [2.45, 2.75) is 12.6 Å². The van der Waals surface area contributed by atoms with Crippen LogP contribution in [0.4, 0.5) is 0 Å². The Morgan fingerprint density at radius 2 is 2.56 bits per heavy atom. The van der Waals surface area contributed by atoms with Crippen LogP contribution in [-0.4, -0.2) is 35.7 Å². The van der Waals surface area contributed by atoms with Gasteiger partial charge in [0.05, 0.1) is 6.61 Å². The summed E-state index contributed by atoms with van der Waals surface area (Å²) in [4.78, 5) is 4.11. The number of nitrogens with two attached hydrogens (primary N) is 1. The lowest BCUT2D eigenvalue weighted by atomic mass is 10.2. The molecule has 0 radical (unpaired) electrons. The van der Waals surface area contributed by atoms with Crippen molar-refractivity contribution < 1.29 is 4.74 Å². The Bertz CT molecular complexity index is 383. The van der Waals surface area contributed by atoms with E-state index in [1.54, 1.807) is 11.3 Å². The van der Waals surface area contributed by atoms with Gasteiger partial charge < -0.3 is 10.5 Å². The highest BCUT2D eigenvalue weighted by atomic mass is 79.9. The minimum Gasteiger partial charge on any atom is -0.391 e. The summed E-state index contributed by atoms with van der Waals surface area (Å²) in [6.07, 6.45) is -0.0949. The molecule has 0 amide bonds. The van der Waals surface area contributed by atoms with Gasteiger partial charge in [0.2, 0.25) is 0 Å². The summed E-state index contributed by atoms with van der Waals surface area (Å²) in [7, 11) is 0. The zero-order valence-electron chi connectivity index (χ0n) is 8.69. The van der Waals surface area contributed by atoms with Crippen LogP contribution in [0.2, 0.25) is 0 Å². The van der Waals surface area contributed by atoms with E-state index in [0.29, 0.717) is 11.6 Å². The van der Waals surface area contributed by atoms with E-state index < -0.39 is 0 Å². The first kappa shape index (κ1) is 12.4. The van der Waals surface area contributed by atoms with Crippen LogP contribution in [-0.2, 0) is 11.3 Å². The third kappa shape index (κ3) is 3.01. The smallest absolute Gasteiger partial charge is 0.120 e. The predicted molar refractivity (Wildman–Crippen MR) is 73.8 cm³/mol. The van der Waals surface area contributed by atoms with Crippen molar-refractivity contribution in [3.8, 4) is 0 Å². The molecule has 2 N–H and O–H groups in total. The highest BCUT2D eigenvalue weighted by Gasteiger charge is 2.23. The molecule has 1 aromatic rings. The molecule has 1 fully saturated rings. The maximum absolute atomic E-state index is 5.61. The van der Waals surface area contributed by atoms with Crippen molar-refractivity contribution in [1.82, 2.24) is 4.90 Å². The predicted octanol–water partition coefficient (Wildman–Crippen LogP) is 2.00. The molecular formula is C10H13BrN2OS2. The summed E-state index contributed by atoms with van der Waals surface area (Å²) >= 11 is 10.3. The van der Waals surface area contributed by atoms with E-state index in [4.69, 9.17) is 22.7 Å².